The number of hydrogen-bond donors (Lipinski definition) is 2. The van der Waals surface area contributed by atoms with E-state index in [-0.39, 0.29) is 5.91 Å². The lowest BCUT2D eigenvalue weighted by Gasteiger charge is -2.16. The summed E-state index contributed by atoms with van der Waals surface area (Å²) in [6.07, 6.45) is 0. The second kappa shape index (κ2) is 8.40. The van der Waals surface area contributed by atoms with Crippen LogP contribution in [0.4, 0.5) is 5.69 Å². The van der Waals surface area contributed by atoms with Crippen LogP contribution in [0.15, 0.2) is 48.5 Å². The van der Waals surface area contributed by atoms with Crippen molar-refractivity contribution in [1.82, 2.24) is 9.78 Å². The average Bonchev–Trinajstić information content (AvgIpc) is 2.94. The maximum Gasteiger partial charge on any atom is 0.279 e. The van der Waals surface area contributed by atoms with Gasteiger partial charge < -0.3 is 10.2 Å². The Morgan fingerprint density at radius 2 is 1.64 bits per heavy atom. The van der Waals surface area contributed by atoms with Gasteiger partial charge in [-0.1, -0.05) is 36.4 Å². The van der Waals surface area contributed by atoms with Crippen molar-refractivity contribution in [3.63, 3.8) is 0 Å². The first-order valence-electron chi connectivity index (χ1n) is 9.64. The lowest BCUT2D eigenvalue weighted by Crippen LogP contribution is -3.08. The van der Waals surface area contributed by atoms with E-state index in [0.717, 1.165) is 45.3 Å². The first-order valence-corrected chi connectivity index (χ1v) is 9.64. The first-order chi connectivity index (χ1) is 13.4. The standard InChI is InChI=1S/C23H28N4O/c1-16-10-9-11-17(2)23(16)24-22(28)15-26(5)14-21-18(3)25-27(19(21)4)20-12-7-6-8-13-20/h6-13H,14-15H2,1-5H3,(H,24,28)/p+1. The fourth-order valence-corrected chi connectivity index (χ4v) is 3.59. The van der Waals surface area contributed by atoms with Gasteiger partial charge in [-0.3, -0.25) is 4.79 Å². The van der Waals surface area contributed by atoms with Gasteiger partial charge in [0.1, 0.15) is 6.54 Å². The normalized spacial score (nSPS) is 12.0. The van der Waals surface area contributed by atoms with E-state index < -0.39 is 0 Å². The van der Waals surface area contributed by atoms with Crippen molar-refractivity contribution in [1.29, 1.82) is 0 Å². The number of carbonyl (C=O) groups is 1. The number of quaternary nitrogens is 1. The molecule has 1 aromatic heterocycles. The van der Waals surface area contributed by atoms with Crippen molar-refractivity contribution < 1.29 is 9.69 Å². The number of nitrogens with one attached hydrogen (secondary N) is 2. The van der Waals surface area contributed by atoms with Gasteiger partial charge in [0, 0.05) is 5.69 Å². The van der Waals surface area contributed by atoms with Crippen molar-refractivity contribution in [3.05, 3.63) is 76.6 Å². The van der Waals surface area contributed by atoms with E-state index >= 15 is 0 Å². The third-order valence-corrected chi connectivity index (χ3v) is 5.13. The monoisotopic (exact) mass is 377 g/mol. The zero-order valence-corrected chi connectivity index (χ0v) is 17.3. The highest BCUT2D eigenvalue weighted by atomic mass is 16.2. The topological polar surface area (TPSA) is 51.4 Å². The van der Waals surface area contributed by atoms with Gasteiger partial charge in [0.05, 0.1) is 29.7 Å². The van der Waals surface area contributed by atoms with Crippen LogP contribution >= 0.6 is 0 Å². The van der Waals surface area contributed by atoms with Gasteiger partial charge in [0.2, 0.25) is 0 Å². The molecule has 0 saturated carbocycles. The van der Waals surface area contributed by atoms with E-state index in [9.17, 15) is 4.79 Å². The number of hydrogen-bond acceptors (Lipinski definition) is 2. The molecule has 0 aliphatic rings. The highest BCUT2D eigenvalue weighted by Crippen LogP contribution is 2.19. The van der Waals surface area contributed by atoms with E-state index in [0.29, 0.717) is 6.54 Å². The van der Waals surface area contributed by atoms with Gasteiger partial charge >= 0.3 is 0 Å². The minimum atomic E-state index is 0.0284. The lowest BCUT2D eigenvalue weighted by molar-refractivity contribution is -0.885. The Hall–Kier alpha value is -2.92. The molecular formula is C23H29N4O+. The summed E-state index contributed by atoms with van der Waals surface area (Å²) in [5, 5.41) is 7.78. The van der Waals surface area contributed by atoms with Gasteiger partial charge in [-0.15, -0.1) is 0 Å². The number of nitrogens with zero attached hydrogens (tertiary/aromatic N) is 2. The minimum absolute atomic E-state index is 0.0284. The largest absolute Gasteiger partial charge is 0.326 e. The van der Waals surface area contributed by atoms with Gasteiger partial charge in [-0.25, -0.2) is 4.68 Å². The van der Waals surface area contributed by atoms with Crippen LogP contribution in [0.1, 0.15) is 28.1 Å². The predicted molar refractivity (Wildman–Crippen MR) is 113 cm³/mol. The maximum absolute atomic E-state index is 12.6. The molecule has 2 aromatic carbocycles. The minimum Gasteiger partial charge on any atom is -0.326 e. The quantitative estimate of drug-likeness (QED) is 0.694. The molecule has 5 nitrogen and oxygen atoms in total. The van der Waals surface area contributed by atoms with Crippen LogP contribution in [0.5, 0.6) is 0 Å². The van der Waals surface area contributed by atoms with Gasteiger partial charge in [-0.2, -0.15) is 5.10 Å². The van der Waals surface area contributed by atoms with Gasteiger partial charge in [0.15, 0.2) is 6.54 Å². The summed E-state index contributed by atoms with van der Waals surface area (Å²) < 4.78 is 1.98. The molecule has 1 heterocycles. The highest BCUT2D eigenvalue weighted by Gasteiger charge is 2.19. The fraction of sp³-hybridized carbons (Fsp3) is 0.304. The summed E-state index contributed by atoms with van der Waals surface area (Å²) in [6, 6.07) is 16.2. The van der Waals surface area contributed by atoms with Crippen LogP contribution in [0.2, 0.25) is 0 Å². The molecule has 0 bridgehead atoms. The van der Waals surface area contributed by atoms with Crippen LogP contribution in [0, 0.1) is 27.7 Å². The van der Waals surface area contributed by atoms with Gasteiger partial charge in [-0.05, 0) is 51.0 Å². The number of rotatable bonds is 6. The molecular weight excluding hydrogens is 348 g/mol. The first kappa shape index (κ1) is 19.8. The number of amides is 1. The van der Waals surface area contributed by atoms with Crippen LogP contribution in [0.3, 0.4) is 0 Å². The van der Waals surface area contributed by atoms with Gasteiger partial charge in [0.25, 0.3) is 5.91 Å². The highest BCUT2D eigenvalue weighted by molar-refractivity contribution is 5.93. The Morgan fingerprint density at radius 3 is 2.29 bits per heavy atom. The summed E-state index contributed by atoms with van der Waals surface area (Å²) in [5.74, 6) is 0.0284. The third kappa shape index (κ3) is 4.31. The van der Waals surface area contributed by atoms with Crippen LogP contribution < -0.4 is 10.2 Å². The Labute approximate surface area is 167 Å². The number of benzene rings is 2. The smallest absolute Gasteiger partial charge is 0.279 e. The molecule has 0 aliphatic heterocycles. The molecule has 0 fully saturated rings. The maximum atomic E-state index is 12.6. The Balaban J connectivity index is 1.69. The molecule has 3 aromatic rings. The third-order valence-electron chi connectivity index (χ3n) is 5.13. The fourth-order valence-electron chi connectivity index (χ4n) is 3.59. The second-order valence-electron chi connectivity index (χ2n) is 7.52. The Morgan fingerprint density at radius 1 is 1.00 bits per heavy atom. The lowest BCUT2D eigenvalue weighted by atomic mass is 10.1. The molecule has 1 amide bonds. The molecule has 3 rings (SSSR count). The van der Waals surface area contributed by atoms with E-state index in [1.807, 2.05) is 68.9 Å². The molecule has 0 radical (unpaired) electrons. The molecule has 5 heteroatoms. The number of carbonyl (C=O) groups excluding carboxylic acids is 1. The number of aryl methyl sites for hydroxylation is 3. The number of anilines is 1. The number of likely N-dealkylation sites (N-methyl/N-ethyl adjacent to an activating group) is 1. The van der Waals surface area contributed by atoms with E-state index in [2.05, 4.69) is 24.4 Å². The van der Waals surface area contributed by atoms with Crippen LogP contribution in [-0.4, -0.2) is 29.3 Å². The molecule has 0 aliphatic carbocycles. The molecule has 2 N–H and O–H groups in total. The number of aromatic nitrogens is 2. The molecule has 1 unspecified atom stereocenters. The number of para-hydroxylation sites is 2. The van der Waals surface area contributed by atoms with Crippen molar-refractivity contribution in [2.75, 3.05) is 18.9 Å². The van der Waals surface area contributed by atoms with Crippen LogP contribution in [-0.2, 0) is 11.3 Å². The van der Waals surface area contributed by atoms with Crippen molar-refractivity contribution in [2.24, 2.45) is 0 Å². The van der Waals surface area contributed by atoms with Crippen molar-refractivity contribution in [3.8, 4) is 5.69 Å². The summed E-state index contributed by atoms with van der Waals surface area (Å²) in [6.45, 7) is 9.32. The summed E-state index contributed by atoms with van der Waals surface area (Å²) in [4.78, 5) is 13.7. The van der Waals surface area contributed by atoms with Crippen molar-refractivity contribution in [2.45, 2.75) is 34.2 Å². The summed E-state index contributed by atoms with van der Waals surface area (Å²) >= 11 is 0. The van der Waals surface area contributed by atoms with E-state index in [4.69, 9.17) is 5.10 Å². The van der Waals surface area contributed by atoms with Crippen molar-refractivity contribution >= 4 is 11.6 Å². The molecule has 0 spiro atoms. The SMILES string of the molecule is Cc1cccc(C)c1NC(=O)C[NH+](C)Cc1c(C)nn(-c2ccccc2)c1C. The van der Waals surface area contributed by atoms with E-state index in [1.54, 1.807) is 0 Å². The summed E-state index contributed by atoms with van der Waals surface area (Å²) in [7, 11) is 2.04. The Bertz CT molecular complexity index is 956. The average molecular weight is 378 g/mol. The summed E-state index contributed by atoms with van der Waals surface area (Å²) in [5.41, 5.74) is 7.48. The zero-order chi connectivity index (χ0) is 20.3. The second-order valence-corrected chi connectivity index (χ2v) is 7.52. The van der Waals surface area contributed by atoms with E-state index in [1.165, 1.54) is 5.56 Å². The molecule has 0 saturated heterocycles. The molecule has 28 heavy (non-hydrogen) atoms. The zero-order valence-electron chi connectivity index (χ0n) is 17.3. The molecule has 146 valence electrons. The predicted octanol–water partition coefficient (Wildman–Crippen LogP) is 2.76. The Kier molecular flexibility index (Phi) is 5.95. The van der Waals surface area contributed by atoms with Crippen LogP contribution in [0.25, 0.3) is 5.69 Å². The molecule has 1 atom stereocenters.